The summed E-state index contributed by atoms with van der Waals surface area (Å²) in [5, 5.41) is 0. The summed E-state index contributed by atoms with van der Waals surface area (Å²) < 4.78 is 5.47. The molecule has 0 aliphatic carbocycles. The first kappa shape index (κ1) is 19.2. The molecule has 0 bridgehead atoms. The van der Waals surface area contributed by atoms with Crippen molar-refractivity contribution in [1.82, 2.24) is 9.80 Å². The van der Waals surface area contributed by atoms with Gasteiger partial charge in [0, 0.05) is 45.0 Å². The van der Waals surface area contributed by atoms with Crippen molar-refractivity contribution < 1.29 is 14.3 Å². The Morgan fingerprint density at radius 2 is 1.75 bits per heavy atom. The number of piperidine rings is 2. The molecule has 0 aromatic heterocycles. The molecule has 2 atom stereocenters. The van der Waals surface area contributed by atoms with Crippen molar-refractivity contribution in [3.8, 4) is 0 Å². The summed E-state index contributed by atoms with van der Waals surface area (Å²) in [6, 6.07) is 7.80. The summed E-state index contributed by atoms with van der Waals surface area (Å²) in [6.07, 6.45) is 3.66. The number of ether oxygens (including phenoxy) is 1. The lowest BCUT2D eigenvalue weighted by molar-refractivity contribution is -0.152. The van der Waals surface area contributed by atoms with Gasteiger partial charge in [-0.1, -0.05) is 12.1 Å². The minimum atomic E-state index is -0.422. The maximum atomic E-state index is 13.6. The van der Waals surface area contributed by atoms with E-state index in [4.69, 9.17) is 4.74 Å². The summed E-state index contributed by atoms with van der Waals surface area (Å²) in [5.41, 5.74) is 1.30. The van der Waals surface area contributed by atoms with E-state index in [0.717, 1.165) is 63.1 Å². The number of amides is 2. The van der Waals surface area contributed by atoms with Gasteiger partial charge < -0.3 is 19.4 Å². The predicted octanol–water partition coefficient (Wildman–Crippen LogP) is 2.39. The first-order valence-corrected chi connectivity index (χ1v) is 10.5. The van der Waals surface area contributed by atoms with Gasteiger partial charge >= 0.3 is 0 Å². The highest BCUT2D eigenvalue weighted by Crippen LogP contribution is 2.44. The van der Waals surface area contributed by atoms with Crippen LogP contribution in [0.25, 0.3) is 0 Å². The Hall–Kier alpha value is -2.08. The largest absolute Gasteiger partial charge is 0.378 e. The zero-order valence-electron chi connectivity index (χ0n) is 17.0. The Bertz CT molecular complexity index is 742. The Morgan fingerprint density at radius 3 is 2.50 bits per heavy atom. The Balaban J connectivity index is 1.62. The molecule has 0 saturated carbocycles. The second-order valence-corrected chi connectivity index (χ2v) is 8.38. The Kier molecular flexibility index (Phi) is 5.32. The summed E-state index contributed by atoms with van der Waals surface area (Å²) in [4.78, 5) is 32.8. The molecule has 1 spiro atoms. The van der Waals surface area contributed by atoms with E-state index in [9.17, 15) is 9.59 Å². The molecule has 2 amide bonds. The van der Waals surface area contributed by atoms with E-state index in [2.05, 4.69) is 11.8 Å². The molecule has 3 fully saturated rings. The number of carbonyl (C=O) groups is 2. The van der Waals surface area contributed by atoms with E-state index in [1.165, 1.54) is 0 Å². The number of rotatable bonds is 2. The highest BCUT2D eigenvalue weighted by atomic mass is 16.5. The number of likely N-dealkylation sites (tertiary alicyclic amines) is 2. The molecule has 0 radical (unpaired) electrons. The summed E-state index contributed by atoms with van der Waals surface area (Å²) in [7, 11) is 1.89. The van der Waals surface area contributed by atoms with Gasteiger partial charge in [0.1, 0.15) is 0 Å². The quantitative estimate of drug-likeness (QED) is 0.784. The zero-order valence-corrected chi connectivity index (χ0v) is 17.0. The van der Waals surface area contributed by atoms with Gasteiger partial charge in [0.2, 0.25) is 5.91 Å². The van der Waals surface area contributed by atoms with Crippen molar-refractivity contribution in [1.29, 1.82) is 0 Å². The third-order valence-corrected chi connectivity index (χ3v) is 6.93. The fraction of sp³-hybridized carbons (Fsp3) is 0.636. The van der Waals surface area contributed by atoms with Gasteiger partial charge in [-0.15, -0.1) is 0 Å². The standard InChI is InChI=1S/C22H31N3O3/c1-17-22(9-5-11-23(2)21(22)27)10-6-12-25(17)20(26)18-7-3-4-8-19(18)24-13-15-28-16-14-24/h3-4,7-8,17H,5-6,9-16H2,1-2H3/t17-,22-/m0/s1. The van der Waals surface area contributed by atoms with Gasteiger partial charge in [-0.05, 0) is 44.7 Å². The number of carbonyl (C=O) groups excluding carboxylic acids is 2. The average Bonchev–Trinajstić information content (AvgIpc) is 2.74. The summed E-state index contributed by atoms with van der Waals surface area (Å²) in [6.45, 7) is 6.59. The summed E-state index contributed by atoms with van der Waals surface area (Å²) in [5.74, 6) is 0.264. The number of morpholine rings is 1. The molecule has 6 nitrogen and oxygen atoms in total. The van der Waals surface area contributed by atoms with Crippen LogP contribution < -0.4 is 4.90 Å². The smallest absolute Gasteiger partial charge is 0.256 e. The molecular weight excluding hydrogens is 354 g/mol. The molecule has 152 valence electrons. The minimum absolute atomic E-state index is 0.0506. The van der Waals surface area contributed by atoms with Crippen LogP contribution in [0.1, 0.15) is 43.0 Å². The number of anilines is 1. The van der Waals surface area contributed by atoms with E-state index in [1.54, 1.807) is 0 Å². The number of hydrogen-bond acceptors (Lipinski definition) is 4. The second-order valence-electron chi connectivity index (χ2n) is 8.38. The molecule has 0 N–H and O–H groups in total. The van der Waals surface area contributed by atoms with Gasteiger partial charge in [0.15, 0.2) is 0 Å². The van der Waals surface area contributed by atoms with Crippen LogP contribution in [0, 0.1) is 5.41 Å². The number of para-hydroxylation sites is 1. The molecule has 3 heterocycles. The monoisotopic (exact) mass is 385 g/mol. The first-order chi connectivity index (χ1) is 13.5. The predicted molar refractivity (Wildman–Crippen MR) is 109 cm³/mol. The number of nitrogens with zero attached hydrogens (tertiary/aromatic N) is 3. The molecule has 6 heteroatoms. The second kappa shape index (κ2) is 7.74. The van der Waals surface area contributed by atoms with Crippen molar-refractivity contribution >= 4 is 17.5 Å². The van der Waals surface area contributed by atoms with Gasteiger partial charge in [-0.25, -0.2) is 0 Å². The maximum Gasteiger partial charge on any atom is 0.256 e. The average molecular weight is 386 g/mol. The van der Waals surface area contributed by atoms with Crippen molar-refractivity contribution in [3.05, 3.63) is 29.8 Å². The number of benzene rings is 1. The normalized spacial score (nSPS) is 28.7. The molecule has 1 aromatic rings. The minimum Gasteiger partial charge on any atom is -0.378 e. The van der Waals surface area contributed by atoms with Gasteiger partial charge in [0.25, 0.3) is 5.91 Å². The van der Waals surface area contributed by atoms with Crippen LogP contribution in [0.15, 0.2) is 24.3 Å². The van der Waals surface area contributed by atoms with Crippen molar-refractivity contribution in [3.63, 3.8) is 0 Å². The Labute approximate surface area is 167 Å². The lowest BCUT2D eigenvalue weighted by Gasteiger charge is -2.51. The molecule has 4 rings (SSSR count). The van der Waals surface area contributed by atoms with Crippen LogP contribution in [0.2, 0.25) is 0 Å². The molecule has 3 aliphatic heterocycles. The van der Waals surface area contributed by atoms with E-state index in [-0.39, 0.29) is 17.9 Å². The third-order valence-electron chi connectivity index (χ3n) is 6.93. The molecule has 0 unspecified atom stereocenters. The molecule has 3 saturated heterocycles. The lowest BCUT2D eigenvalue weighted by atomic mass is 9.68. The van der Waals surface area contributed by atoms with Crippen molar-refractivity contribution in [2.75, 3.05) is 51.3 Å². The highest BCUT2D eigenvalue weighted by Gasteiger charge is 2.51. The van der Waals surface area contributed by atoms with E-state index < -0.39 is 5.41 Å². The van der Waals surface area contributed by atoms with Crippen LogP contribution in [0.3, 0.4) is 0 Å². The fourth-order valence-corrected chi connectivity index (χ4v) is 5.27. The fourth-order valence-electron chi connectivity index (χ4n) is 5.27. The molecule has 1 aromatic carbocycles. The number of hydrogen-bond donors (Lipinski definition) is 0. The van der Waals surface area contributed by atoms with Crippen molar-refractivity contribution in [2.45, 2.75) is 38.6 Å². The van der Waals surface area contributed by atoms with E-state index >= 15 is 0 Å². The zero-order chi connectivity index (χ0) is 19.7. The Morgan fingerprint density at radius 1 is 1.07 bits per heavy atom. The van der Waals surface area contributed by atoms with Crippen LogP contribution >= 0.6 is 0 Å². The molecule has 28 heavy (non-hydrogen) atoms. The lowest BCUT2D eigenvalue weighted by Crippen LogP contribution is -2.61. The van der Waals surface area contributed by atoms with Crippen LogP contribution in [-0.2, 0) is 9.53 Å². The van der Waals surface area contributed by atoms with Crippen molar-refractivity contribution in [2.24, 2.45) is 5.41 Å². The van der Waals surface area contributed by atoms with Gasteiger partial charge in [-0.3, -0.25) is 9.59 Å². The van der Waals surface area contributed by atoms with E-state index in [0.29, 0.717) is 13.2 Å². The van der Waals surface area contributed by atoms with Crippen LogP contribution in [0.4, 0.5) is 5.69 Å². The molecule has 3 aliphatic rings. The van der Waals surface area contributed by atoms with E-state index in [1.807, 2.05) is 41.1 Å². The SMILES string of the molecule is C[C@@H]1N(C(=O)c2ccccc2N2CCOCC2)CCC[C@@]12CCCN(C)C2=O. The molecular formula is C22H31N3O3. The van der Waals surface area contributed by atoms with Gasteiger partial charge in [0.05, 0.1) is 24.2 Å². The third kappa shape index (κ3) is 3.17. The van der Waals surface area contributed by atoms with Gasteiger partial charge in [-0.2, -0.15) is 0 Å². The summed E-state index contributed by atoms with van der Waals surface area (Å²) >= 11 is 0. The highest BCUT2D eigenvalue weighted by molar-refractivity contribution is 6.00. The van der Waals surface area contributed by atoms with Crippen LogP contribution in [-0.4, -0.2) is 74.1 Å². The first-order valence-electron chi connectivity index (χ1n) is 10.5. The van der Waals surface area contributed by atoms with Crippen LogP contribution in [0.5, 0.6) is 0 Å². The maximum absolute atomic E-state index is 13.6. The topological polar surface area (TPSA) is 53.1 Å².